The van der Waals surface area contributed by atoms with Crippen molar-refractivity contribution in [3.05, 3.63) is 58.2 Å². The van der Waals surface area contributed by atoms with Gasteiger partial charge in [0.15, 0.2) is 0 Å². The minimum atomic E-state index is -1.50. The molecule has 0 spiro atoms. The average Bonchev–Trinajstić information content (AvgIpc) is 2.27. The number of hydrogen-bond acceptors (Lipinski definition) is 9. The molecule has 14 nitrogen and oxygen atoms in total. The molecule has 0 atom stereocenters. The first-order chi connectivity index (χ1) is 9.07. The summed E-state index contributed by atoms with van der Waals surface area (Å²) in [5.74, 6) is 0. The van der Waals surface area contributed by atoms with Gasteiger partial charge in [-0.05, 0) is 6.92 Å². The normalized spacial score (nSPS) is 8.23. The second-order valence-corrected chi connectivity index (χ2v) is 3.12. The highest BCUT2D eigenvalue weighted by Gasteiger charge is 2.27. The zero-order valence-corrected chi connectivity index (χ0v) is 12.1. The van der Waals surface area contributed by atoms with Crippen LogP contribution in [0, 0.1) is 47.4 Å². The topological polar surface area (TPSA) is 228 Å². The van der Waals surface area contributed by atoms with E-state index in [1.807, 2.05) is 0 Å². The number of hydrogen-bond donors (Lipinski definition) is 2. The third-order valence-corrected chi connectivity index (χ3v) is 1.94. The maximum absolute atomic E-state index is 10.5. The molecule has 0 aliphatic rings. The van der Waals surface area contributed by atoms with E-state index < -0.39 is 36.9 Å². The molecule has 0 saturated heterocycles. The van der Waals surface area contributed by atoms with E-state index >= 15 is 0 Å². The van der Waals surface area contributed by atoms with Crippen molar-refractivity contribution >= 4 is 34.4 Å². The lowest BCUT2D eigenvalue weighted by Crippen LogP contribution is -2.00. The lowest BCUT2D eigenvalue weighted by atomic mass is 10.1. The highest BCUT2D eigenvalue weighted by atomic mass is 27.0. The molecule has 15 heteroatoms. The minimum absolute atomic E-state index is 0. The van der Waals surface area contributed by atoms with Gasteiger partial charge in [0, 0.05) is 17.4 Å². The van der Waals surface area contributed by atoms with Crippen molar-refractivity contribution < 1.29 is 25.1 Å². The standard InChI is InChI=1S/C7H5N3O6.Al.HNO3.H3N/c1-4-6(9(13)14)2-5(8(11)12)3-7(4)10(15)16;;2-1(3)4;/h2-3H,1H3;;(H,2,3,4);1H3. The molecule has 0 amide bonds. The SMILES string of the molecule is Cc1c([N+](=O)[O-])cc([N+](=O)[O-])cc1[N+](=O)[O-].N.O=[N+]([O-])O.[Al]. The van der Waals surface area contributed by atoms with E-state index in [2.05, 4.69) is 0 Å². The van der Waals surface area contributed by atoms with Gasteiger partial charge >= 0.3 is 0 Å². The Morgan fingerprint density at radius 3 is 1.32 bits per heavy atom. The van der Waals surface area contributed by atoms with Crippen LogP contribution in [0.25, 0.3) is 0 Å². The summed E-state index contributed by atoms with van der Waals surface area (Å²) in [4.78, 5) is 37.1. The Bertz CT molecular complexity index is 553. The van der Waals surface area contributed by atoms with Crippen LogP contribution in [0.3, 0.4) is 0 Å². The van der Waals surface area contributed by atoms with E-state index in [9.17, 15) is 30.3 Å². The van der Waals surface area contributed by atoms with Gasteiger partial charge in [-0.15, -0.1) is 10.1 Å². The van der Waals surface area contributed by atoms with E-state index in [4.69, 9.17) is 15.3 Å². The Labute approximate surface area is 131 Å². The van der Waals surface area contributed by atoms with Crippen molar-refractivity contribution in [3.8, 4) is 0 Å². The van der Waals surface area contributed by atoms with Crippen LogP contribution < -0.4 is 6.15 Å². The number of nitrogens with zero attached hydrogens (tertiary/aromatic N) is 4. The maximum atomic E-state index is 10.5. The molecule has 0 fully saturated rings. The van der Waals surface area contributed by atoms with Gasteiger partial charge in [0.2, 0.25) is 0 Å². The van der Waals surface area contributed by atoms with Crippen LogP contribution >= 0.6 is 0 Å². The number of nitro benzene ring substituents is 3. The Kier molecular flexibility index (Phi) is 10.9. The predicted octanol–water partition coefficient (Wildman–Crippen LogP) is 1.15. The summed E-state index contributed by atoms with van der Waals surface area (Å²) in [6.45, 7) is 1.17. The summed E-state index contributed by atoms with van der Waals surface area (Å²) < 4.78 is 0. The fourth-order valence-electron chi connectivity index (χ4n) is 1.15. The van der Waals surface area contributed by atoms with Crippen molar-refractivity contribution in [2.24, 2.45) is 0 Å². The molecule has 0 aliphatic heterocycles. The number of nitro groups is 3. The molecule has 0 aromatic heterocycles. The summed E-state index contributed by atoms with van der Waals surface area (Å²) >= 11 is 0. The second-order valence-electron chi connectivity index (χ2n) is 3.12. The lowest BCUT2D eigenvalue weighted by molar-refractivity contribution is -0.742. The van der Waals surface area contributed by atoms with E-state index in [1.54, 1.807) is 0 Å². The van der Waals surface area contributed by atoms with Crippen molar-refractivity contribution in [1.82, 2.24) is 6.15 Å². The van der Waals surface area contributed by atoms with Crippen molar-refractivity contribution in [2.75, 3.05) is 0 Å². The third kappa shape index (κ3) is 7.04. The van der Waals surface area contributed by atoms with Gasteiger partial charge in [-0.1, -0.05) is 0 Å². The summed E-state index contributed by atoms with van der Waals surface area (Å²) in [5, 5.41) is 45.1. The van der Waals surface area contributed by atoms with Gasteiger partial charge in [0.25, 0.3) is 22.1 Å². The molecule has 1 aromatic rings. The maximum Gasteiger partial charge on any atom is 0.291 e. The third-order valence-electron chi connectivity index (χ3n) is 1.94. The molecule has 4 N–H and O–H groups in total. The van der Waals surface area contributed by atoms with E-state index in [-0.39, 0.29) is 29.1 Å². The fraction of sp³-hybridized carbons (Fsp3) is 0.143. The number of benzene rings is 1. The van der Waals surface area contributed by atoms with Crippen molar-refractivity contribution in [2.45, 2.75) is 6.92 Å². The van der Waals surface area contributed by atoms with Gasteiger partial charge in [0.1, 0.15) is 5.56 Å². The number of rotatable bonds is 3. The molecule has 0 heterocycles. The highest BCUT2D eigenvalue weighted by molar-refractivity contribution is 5.75. The van der Waals surface area contributed by atoms with Crippen LogP contribution in [0.1, 0.15) is 5.56 Å². The lowest BCUT2D eigenvalue weighted by Gasteiger charge is -1.99. The zero-order chi connectivity index (χ0) is 16.0. The molecule has 22 heavy (non-hydrogen) atoms. The first-order valence-electron chi connectivity index (χ1n) is 4.49. The smallest absolute Gasteiger partial charge is 0.291 e. The van der Waals surface area contributed by atoms with Gasteiger partial charge in [0.05, 0.1) is 26.9 Å². The second kappa shape index (κ2) is 9.93. The summed E-state index contributed by atoms with van der Waals surface area (Å²) in [6.07, 6.45) is 0. The molecule has 1 aromatic carbocycles. The molecular formula is C7H9AlN5O9. The van der Waals surface area contributed by atoms with Gasteiger partial charge in [-0.3, -0.25) is 30.3 Å². The van der Waals surface area contributed by atoms with Crippen LogP contribution in [-0.2, 0) is 0 Å². The Morgan fingerprint density at radius 1 is 0.864 bits per heavy atom. The Hall–Kier alpha value is -2.89. The summed E-state index contributed by atoms with van der Waals surface area (Å²) in [5.41, 5.74) is -2.16. The van der Waals surface area contributed by atoms with Crippen molar-refractivity contribution in [1.29, 1.82) is 0 Å². The Balaban J connectivity index is -0.000000538. The van der Waals surface area contributed by atoms with Crippen LogP contribution in [-0.4, -0.2) is 42.4 Å². The molecule has 0 bridgehead atoms. The first kappa shape index (κ1) is 24.2. The summed E-state index contributed by atoms with van der Waals surface area (Å²) in [7, 11) is 0. The average molecular weight is 334 g/mol. The quantitative estimate of drug-likeness (QED) is 0.454. The van der Waals surface area contributed by atoms with Gasteiger partial charge in [-0.2, -0.15) is 0 Å². The van der Waals surface area contributed by atoms with Crippen LogP contribution in [0.2, 0.25) is 0 Å². The first-order valence-corrected chi connectivity index (χ1v) is 4.49. The largest absolute Gasteiger partial charge is 0.344 e. The molecular weight excluding hydrogens is 325 g/mol. The van der Waals surface area contributed by atoms with E-state index in [0.29, 0.717) is 12.1 Å². The molecule has 0 saturated carbocycles. The summed E-state index contributed by atoms with van der Waals surface area (Å²) in [6, 6.07) is 1.39. The molecule has 0 aliphatic carbocycles. The molecule has 0 unspecified atom stereocenters. The van der Waals surface area contributed by atoms with Crippen LogP contribution in [0.5, 0.6) is 0 Å². The number of non-ortho nitro benzene ring substituents is 1. The van der Waals surface area contributed by atoms with E-state index in [0.717, 1.165) is 0 Å². The Morgan fingerprint density at radius 2 is 1.14 bits per heavy atom. The molecule has 119 valence electrons. The molecule has 1 rings (SSSR count). The monoisotopic (exact) mass is 334 g/mol. The van der Waals surface area contributed by atoms with Crippen molar-refractivity contribution in [3.63, 3.8) is 0 Å². The van der Waals surface area contributed by atoms with Crippen LogP contribution in [0.4, 0.5) is 17.1 Å². The highest BCUT2D eigenvalue weighted by Crippen LogP contribution is 2.32. The zero-order valence-electron chi connectivity index (χ0n) is 10.9. The molecule has 3 radical (unpaired) electrons. The van der Waals surface area contributed by atoms with E-state index in [1.165, 1.54) is 6.92 Å². The van der Waals surface area contributed by atoms with Gasteiger partial charge in [-0.25, -0.2) is 0 Å². The predicted molar refractivity (Wildman–Crippen MR) is 70.7 cm³/mol. The van der Waals surface area contributed by atoms with Gasteiger partial charge < -0.3 is 11.4 Å². The fourth-order valence-corrected chi connectivity index (χ4v) is 1.15. The van der Waals surface area contributed by atoms with Crippen LogP contribution in [0.15, 0.2) is 12.1 Å². The minimum Gasteiger partial charge on any atom is -0.344 e.